The van der Waals surface area contributed by atoms with Gasteiger partial charge in [-0.25, -0.2) is 4.79 Å². The highest BCUT2D eigenvalue weighted by molar-refractivity contribution is 6.01. The van der Waals surface area contributed by atoms with Crippen molar-refractivity contribution >= 4 is 28.4 Å². The molecule has 3 aromatic carbocycles. The van der Waals surface area contributed by atoms with E-state index in [1.165, 1.54) is 0 Å². The zero-order valence-corrected chi connectivity index (χ0v) is 19.0. The standard InChI is InChI=1S/C27H29N3O3/c1-3-16-32-27(31)29-21-12-10-20(11-13-21)26-25(28)23-17-22(14-15-24(23)30(26)4-2)33-18-19-8-6-5-7-9-19/h5-15,17H,3-4,16,18,28H2,1-2H3,(H,29,31). The normalized spacial score (nSPS) is 10.8. The highest BCUT2D eigenvalue weighted by Crippen LogP contribution is 2.38. The number of carbonyl (C=O) groups excluding carboxylic acids is 1. The molecule has 0 saturated carbocycles. The van der Waals surface area contributed by atoms with Gasteiger partial charge >= 0.3 is 6.09 Å². The molecular weight excluding hydrogens is 414 g/mol. The maximum atomic E-state index is 11.8. The van der Waals surface area contributed by atoms with Crippen LogP contribution in [0.15, 0.2) is 72.8 Å². The van der Waals surface area contributed by atoms with Crippen LogP contribution in [0.5, 0.6) is 5.75 Å². The summed E-state index contributed by atoms with van der Waals surface area (Å²) in [5.41, 5.74) is 12.1. The Kier molecular flexibility index (Phi) is 6.83. The molecule has 33 heavy (non-hydrogen) atoms. The second-order valence-electron chi connectivity index (χ2n) is 7.80. The monoisotopic (exact) mass is 443 g/mol. The fourth-order valence-electron chi connectivity index (χ4n) is 3.89. The number of aryl methyl sites for hydroxylation is 1. The van der Waals surface area contributed by atoms with Crippen LogP contribution in [-0.2, 0) is 17.9 Å². The second-order valence-corrected chi connectivity index (χ2v) is 7.80. The predicted molar refractivity (Wildman–Crippen MR) is 133 cm³/mol. The van der Waals surface area contributed by atoms with E-state index in [4.69, 9.17) is 15.2 Å². The average molecular weight is 444 g/mol. The zero-order chi connectivity index (χ0) is 23.2. The van der Waals surface area contributed by atoms with Crippen LogP contribution in [0, 0.1) is 0 Å². The van der Waals surface area contributed by atoms with Gasteiger partial charge in [-0.3, -0.25) is 5.32 Å². The van der Waals surface area contributed by atoms with Crippen molar-refractivity contribution in [3.63, 3.8) is 0 Å². The molecule has 6 nitrogen and oxygen atoms in total. The number of hydrogen-bond acceptors (Lipinski definition) is 4. The van der Waals surface area contributed by atoms with Gasteiger partial charge in [0, 0.05) is 23.2 Å². The highest BCUT2D eigenvalue weighted by atomic mass is 16.5. The molecule has 0 aliphatic carbocycles. The first-order valence-corrected chi connectivity index (χ1v) is 11.2. The number of amides is 1. The van der Waals surface area contributed by atoms with E-state index in [9.17, 15) is 4.79 Å². The molecule has 1 amide bonds. The molecule has 0 atom stereocenters. The minimum absolute atomic E-state index is 0.397. The smallest absolute Gasteiger partial charge is 0.411 e. The molecule has 0 radical (unpaired) electrons. The summed E-state index contributed by atoms with van der Waals surface area (Å²) >= 11 is 0. The molecule has 0 aliphatic heterocycles. The van der Waals surface area contributed by atoms with E-state index < -0.39 is 6.09 Å². The summed E-state index contributed by atoms with van der Waals surface area (Å²) in [6, 6.07) is 23.7. The topological polar surface area (TPSA) is 78.5 Å². The first kappa shape index (κ1) is 22.3. The fourth-order valence-corrected chi connectivity index (χ4v) is 3.89. The summed E-state index contributed by atoms with van der Waals surface area (Å²) in [6.07, 6.45) is 0.335. The van der Waals surface area contributed by atoms with Crippen molar-refractivity contribution in [3.8, 4) is 17.0 Å². The molecular formula is C27H29N3O3. The number of fused-ring (bicyclic) bond motifs is 1. The molecule has 0 unspecified atom stereocenters. The highest BCUT2D eigenvalue weighted by Gasteiger charge is 2.17. The van der Waals surface area contributed by atoms with Crippen LogP contribution in [0.25, 0.3) is 22.2 Å². The molecule has 1 aromatic heterocycles. The number of hydrogen-bond donors (Lipinski definition) is 2. The van der Waals surface area contributed by atoms with Gasteiger partial charge in [-0.2, -0.15) is 0 Å². The number of nitrogens with zero attached hydrogens (tertiary/aromatic N) is 1. The maximum absolute atomic E-state index is 11.8. The first-order chi connectivity index (χ1) is 16.1. The van der Waals surface area contributed by atoms with Crippen molar-refractivity contribution in [1.29, 1.82) is 0 Å². The minimum atomic E-state index is -0.449. The molecule has 1 heterocycles. The van der Waals surface area contributed by atoms with Gasteiger partial charge in [0.25, 0.3) is 0 Å². The van der Waals surface area contributed by atoms with Crippen molar-refractivity contribution in [1.82, 2.24) is 4.57 Å². The molecule has 0 aliphatic rings. The molecule has 6 heteroatoms. The van der Waals surface area contributed by atoms with E-state index >= 15 is 0 Å². The SMILES string of the molecule is CCCOC(=O)Nc1ccc(-c2c(N)c3cc(OCc4ccccc4)ccc3n2CC)cc1. The number of aromatic nitrogens is 1. The van der Waals surface area contributed by atoms with E-state index in [0.29, 0.717) is 24.6 Å². The van der Waals surface area contributed by atoms with Crippen LogP contribution < -0.4 is 15.8 Å². The largest absolute Gasteiger partial charge is 0.489 e. The number of carbonyl (C=O) groups is 1. The van der Waals surface area contributed by atoms with Gasteiger partial charge < -0.3 is 19.8 Å². The van der Waals surface area contributed by atoms with E-state index in [2.05, 4.69) is 22.9 Å². The third-order valence-electron chi connectivity index (χ3n) is 5.48. The molecule has 4 rings (SSSR count). The van der Waals surface area contributed by atoms with Crippen LogP contribution in [0.1, 0.15) is 25.8 Å². The van der Waals surface area contributed by atoms with E-state index in [1.807, 2.05) is 73.7 Å². The summed E-state index contributed by atoms with van der Waals surface area (Å²) < 4.78 is 13.3. The molecule has 0 spiro atoms. The lowest BCUT2D eigenvalue weighted by atomic mass is 10.1. The Morgan fingerprint density at radius 1 is 1.00 bits per heavy atom. The maximum Gasteiger partial charge on any atom is 0.411 e. The Morgan fingerprint density at radius 2 is 1.76 bits per heavy atom. The first-order valence-electron chi connectivity index (χ1n) is 11.2. The van der Waals surface area contributed by atoms with Crippen molar-refractivity contribution in [3.05, 3.63) is 78.4 Å². The molecule has 0 fully saturated rings. The van der Waals surface area contributed by atoms with Crippen molar-refractivity contribution in [2.75, 3.05) is 17.7 Å². The summed E-state index contributed by atoms with van der Waals surface area (Å²) in [5.74, 6) is 0.781. The number of rotatable bonds is 8. The lowest BCUT2D eigenvalue weighted by Gasteiger charge is -2.11. The van der Waals surface area contributed by atoms with E-state index in [0.717, 1.165) is 46.4 Å². The van der Waals surface area contributed by atoms with Gasteiger partial charge in [0.15, 0.2) is 0 Å². The summed E-state index contributed by atoms with van der Waals surface area (Å²) in [4.78, 5) is 11.8. The molecule has 170 valence electrons. The summed E-state index contributed by atoms with van der Waals surface area (Å²) in [5, 5.41) is 3.71. The van der Waals surface area contributed by atoms with Gasteiger partial charge in [0.2, 0.25) is 0 Å². The summed E-state index contributed by atoms with van der Waals surface area (Å²) in [7, 11) is 0. The van der Waals surface area contributed by atoms with Gasteiger partial charge in [0.05, 0.1) is 23.5 Å². The minimum Gasteiger partial charge on any atom is -0.489 e. The third-order valence-corrected chi connectivity index (χ3v) is 5.48. The lowest BCUT2D eigenvalue weighted by Crippen LogP contribution is -2.13. The van der Waals surface area contributed by atoms with Gasteiger partial charge in [-0.05, 0) is 49.2 Å². The molecule has 0 saturated heterocycles. The number of anilines is 2. The van der Waals surface area contributed by atoms with Crippen molar-refractivity contribution in [2.45, 2.75) is 33.4 Å². The van der Waals surface area contributed by atoms with Crippen LogP contribution in [0.2, 0.25) is 0 Å². The predicted octanol–water partition coefficient (Wildman–Crippen LogP) is 6.45. The number of nitrogens with one attached hydrogen (secondary N) is 1. The average Bonchev–Trinajstić information content (AvgIpc) is 3.13. The van der Waals surface area contributed by atoms with Crippen molar-refractivity contribution < 1.29 is 14.3 Å². The van der Waals surface area contributed by atoms with Crippen LogP contribution >= 0.6 is 0 Å². The van der Waals surface area contributed by atoms with E-state index in [1.54, 1.807) is 0 Å². The van der Waals surface area contributed by atoms with Gasteiger partial charge in [-0.15, -0.1) is 0 Å². The Labute approximate surface area is 193 Å². The van der Waals surface area contributed by atoms with E-state index in [-0.39, 0.29) is 0 Å². The second kappa shape index (κ2) is 10.1. The number of ether oxygens (including phenoxy) is 2. The molecule has 3 N–H and O–H groups in total. The molecule has 4 aromatic rings. The van der Waals surface area contributed by atoms with Gasteiger partial charge in [0.1, 0.15) is 12.4 Å². The van der Waals surface area contributed by atoms with Crippen molar-refractivity contribution in [2.24, 2.45) is 0 Å². The quantitative estimate of drug-likeness (QED) is 0.328. The number of nitrogens with two attached hydrogens (primary N) is 1. The number of benzene rings is 3. The fraction of sp³-hybridized carbons (Fsp3) is 0.222. The Hall–Kier alpha value is -3.93. The summed E-state index contributed by atoms with van der Waals surface area (Å²) in [6.45, 7) is 5.73. The third kappa shape index (κ3) is 4.95. The molecule has 0 bridgehead atoms. The van der Waals surface area contributed by atoms with Gasteiger partial charge in [-0.1, -0.05) is 49.4 Å². The van der Waals surface area contributed by atoms with Crippen LogP contribution in [0.4, 0.5) is 16.2 Å². The number of nitrogen functional groups attached to an aromatic ring is 1. The Bertz CT molecular complexity index is 1230. The Morgan fingerprint density at radius 3 is 2.45 bits per heavy atom. The zero-order valence-electron chi connectivity index (χ0n) is 19.0. The van der Waals surface area contributed by atoms with Crippen LogP contribution in [-0.4, -0.2) is 17.3 Å². The Balaban J connectivity index is 1.59. The van der Waals surface area contributed by atoms with Crippen LogP contribution in [0.3, 0.4) is 0 Å². The lowest BCUT2D eigenvalue weighted by molar-refractivity contribution is 0.161.